The monoisotopic (exact) mass is 239 g/mol. The van der Waals surface area contributed by atoms with Gasteiger partial charge in [-0.1, -0.05) is 0 Å². The van der Waals surface area contributed by atoms with Crippen LogP contribution >= 0.6 is 0 Å². The lowest BCUT2D eigenvalue weighted by Gasteiger charge is -2.10. The van der Waals surface area contributed by atoms with Gasteiger partial charge in [-0.25, -0.2) is 4.39 Å². The van der Waals surface area contributed by atoms with Crippen LogP contribution in [0.1, 0.15) is 17.3 Å². The SMILES string of the molecule is CN[C@@H](C)C(=O)c1cc2ccoc2c(F)c1F. The van der Waals surface area contributed by atoms with Gasteiger partial charge in [-0.2, -0.15) is 4.39 Å². The second-order valence-electron chi connectivity index (χ2n) is 3.77. The van der Waals surface area contributed by atoms with E-state index in [4.69, 9.17) is 4.42 Å². The maximum Gasteiger partial charge on any atom is 0.202 e. The fourth-order valence-electron chi connectivity index (χ4n) is 1.59. The molecule has 0 saturated carbocycles. The standard InChI is InChI=1S/C12H11F2NO2/c1-6(15-2)11(16)8-5-7-3-4-17-12(7)10(14)9(8)13/h3-6,15H,1-2H3/t6-/m0/s1. The van der Waals surface area contributed by atoms with E-state index in [2.05, 4.69) is 5.32 Å². The zero-order valence-corrected chi connectivity index (χ0v) is 9.38. The maximum absolute atomic E-state index is 13.7. The van der Waals surface area contributed by atoms with Crippen molar-refractivity contribution in [2.24, 2.45) is 0 Å². The van der Waals surface area contributed by atoms with Crippen molar-refractivity contribution in [3.63, 3.8) is 0 Å². The van der Waals surface area contributed by atoms with E-state index in [-0.39, 0.29) is 11.1 Å². The molecule has 0 fully saturated rings. The van der Waals surface area contributed by atoms with E-state index in [9.17, 15) is 13.6 Å². The average molecular weight is 239 g/mol. The van der Waals surface area contributed by atoms with E-state index >= 15 is 0 Å². The molecule has 1 N–H and O–H groups in total. The zero-order chi connectivity index (χ0) is 12.6. The molecule has 90 valence electrons. The number of carbonyl (C=O) groups is 1. The highest BCUT2D eigenvalue weighted by Gasteiger charge is 2.23. The van der Waals surface area contributed by atoms with E-state index in [0.29, 0.717) is 5.39 Å². The number of hydrogen-bond acceptors (Lipinski definition) is 3. The van der Waals surface area contributed by atoms with E-state index in [1.807, 2.05) is 0 Å². The van der Waals surface area contributed by atoms with E-state index < -0.39 is 23.5 Å². The van der Waals surface area contributed by atoms with E-state index in [1.165, 1.54) is 18.4 Å². The van der Waals surface area contributed by atoms with Gasteiger partial charge in [0.2, 0.25) is 5.82 Å². The topological polar surface area (TPSA) is 42.2 Å². The number of furan rings is 1. The van der Waals surface area contributed by atoms with Crippen LogP contribution in [0.15, 0.2) is 22.8 Å². The average Bonchev–Trinajstić information content (AvgIpc) is 2.80. The Balaban J connectivity index is 2.61. The third-order valence-electron chi connectivity index (χ3n) is 2.72. The Morgan fingerprint density at radius 2 is 2.12 bits per heavy atom. The molecule has 17 heavy (non-hydrogen) atoms. The largest absolute Gasteiger partial charge is 0.461 e. The molecule has 0 aliphatic rings. The van der Waals surface area contributed by atoms with Crippen molar-refractivity contribution < 1.29 is 18.0 Å². The molecule has 2 aromatic rings. The highest BCUT2D eigenvalue weighted by atomic mass is 19.2. The van der Waals surface area contributed by atoms with E-state index in [0.717, 1.165) is 0 Å². The molecule has 1 aromatic carbocycles. The summed E-state index contributed by atoms with van der Waals surface area (Å²) in [5, 5.41) is 3.06. The Labute approximate surface area is 96.4 Å². The summed E-state index contributed by atoms with van der Waals surface area (Å²) in [5.74, 6) is -2.79. The molecule has 0 bridgehead atoms. The van der Waals surface area contributed by atoms with Crippen molar-refractivity contribution in [1.29, 1.82) is 0 Å². The summed E-state index contributed by atoms with van der Waals surface area (Å²) >= 11 is 0. The smallest absolute Gasteiger partial charge is 0.202 e. The molecule has 2 rings (SSSR count). The van der Waals surface area contributed by atoms with Crippen molar-refractivity contribution in [3.8, 4) is 0 Å². The minimum atomic E-state index is -1.17. The third kappa shape index (κ3) is 1.82. The number of halogens is 2. The van der Waals surface area contributed by atoms with Gasteiger partial charge >= 0.3 is 0 Å². The van der Waals surface area contributed by atoms with Crippen LogP contribution in [0.5, 0.6) is 0 Å². The molecule has 0 spiro atoms. The van der Waals surface area contributed by atoms with Crippen LogP contribution in [0.2, 0.25) is 0 Å². The Bertz CT molecular complexity index is 577. The Hall–Kier alpha value is -1.75. The Kier molecular flexibility index (Phi) is 2.93. The molecule has 0 unspecified atom stereocenters. The van der Waals surface area contributed by atoms with Gasteiger partial charge < -0.3 is 9.73 Å². The summed E-state index contributed by atoms with van der Waals surface area (Å²) in [6, 6.07) is 2.21. The Morgan fingerprint density at radius 3 is 2.76 bits per heavy atom. The van der Waals surface area contributed by atoms with Gasteiger partial charge in [-0.05, 0) is 26.1 Å². The molecular weight excluding hydrogens is 228 g/mol. The fraction of sp³-hybridized carbons (Fsp3) is 0.250. The highest BCUT2D eigenvalue weighted by Crippen LogP contribution is 2.25. The number of fused-ring (bicyclic) bond motifs is 1. The first-order valence-electron chi connectivity index (χ1n) is 5.13. The molecular formula is C12H11F2NO2. The summed E-state index contributed by atoms with van der Waals surface area (Å²) in [6.07, 6.45) is 1.25. The summed E-state index contributed by atoms with van der Waals surface area (Å²) in [7, 11) is 1.58. The van der Waals surface area contributed by atoms with Crippen LogP contribution < -0.4 is 5.32 Å². The molecule has 1 heterocycles. The summed E-state index contributed by atoms with van der Waals surface area (Å²) < 4.78 is 32.1. The molecule has 1 atom stereocenters. The minimum absolute atomic E-state index is 0.170. The number of rotatable bonds is 3. The van der Waals surface area contributed by atoms with Crippen molar-refractivity contribution in [3.05, 3.63) is 35.6 Å². The fourth-order valence-corrected chi connectivity index (χ4v) is 1.59. The van der Waals surface area contributed by atoms with Gasteiger partial charge in [-0.15, -0.1) is 0 Å². The lowest BCUT2D eigenvalue weighted by Crippen LogP contribution is -2.31. The number of likely N-dealkylation sites (N-methyl/N-ethyl adjacent to an activating group) is 1. The number of nitrogens with one attached hydrogen (secondary N) is 1. The highest BCUT2D eigenvalue weighted by molar-refractivity contribution is 6.02. The van der Waals surface area contributed by atoms with E-state index in [1.54, 1.807) is 14.0 Å². The van der Waals surface area contributed by atoms with Gasteiger partial charge in [-0.3, -0.25) is 4.79 Å². The number of Topliss-reactive ketones (excluding diaryl/α,β-unsaturated/α-hetero) is 1. The van der Waals surface area contributed by atoms with Crippen LogP contribution in [0, 0.1) is 11.6 Å². The second-order valence-corrected chi connectivity index (χ2v) is 3.77. The predicted octanol–water partition coefficient (Wildman–Crippen LogP) is 2.50. The van der Waals surface area contributed by atoms with Gasteiger partial charge in [0, 0.05) is 5.39 Å². The molecule has 0 amide bonds. The van der Waals surface area contributed by atoms with Crippen molar-refractivity contribution in [1.82, 2.24) is 5.32 Å². The second kappa shape index (κ2) is 4.25. The molecule has 5 heteroatoms. The van der Waals surface area contributed by atoms with Crippen molar-refractivity contribution in [2.75, 3.05) is 7.05 Å². The van der Waals surface area contributed by atoms with Gasteiger partial charge in [0.05, 0.1) is 17.9 Å². The van der Waals surface area contributed by atoms with Gasteiger partial charge in [0.25, 0.3) is 0 Å². The van der Waals surface area contributed by atoms with Crippen LogP contribution in [-0.2, 0) is 0 Å². The number of hydrogen-bond donors (Lipinski definition) is 1. The summed E-state index contributed by atoms with van der Waals surface area (Å²) in [5.41, 5.74) is -0.436. The lowest BCUT2D eigenvalue weighted by atomic mass is 10.0. The van der Waals surface area contributed by atoms with Crippen LogP contribution in [0.4, 0.5) is 8.78 Å². The first kappa shape index (κ1) is 11.7. The molecule has 1 aromatic heterocycles. The number of carbonyl (C=O) groups excluding carboxylic acids is 1. The molecule has 0 aliphatic heterocycles. The third-order valence-corrected chi connectivity index (χ3v) is 2.72. The first-order chi connectivity index (χ1) is 8.06. The van der Waals surface area contributed by atoms with Crippen LogP contribution in [-0.4, -0.2) is 18.9 Å². The van der Waals surface area contributed by atoms with Crippen molar-refractivity contribution in [2.45, 2.75) is 13.0 Å². The maximum atomic E-state index is 13.7. The molecule has 0 radical (unpaired) electrons. The normalized spacial score (nSPS) is 12.9. The van der Waals surface area contributed by atoms with Crippen molar-refractivity contribution >= 4 is 16.8 Å². The first-order valence-corrected chi connectivity index (χ1v) is 5.13. The molecule has 3 nitrogen and oxygen atoms in total. The number of ketones is 1. The van der Waals surface area contributed by atoms with Crippen LogP contribution in [0.25, 0.3) is 11.0 Å². The predicted molar refractivity (Wildman–Crippen MR) is 59.0 cm³/mol. The lowest BCUT2D eigenvalue weighted by molar-refractivity contribution is 0.0950. The number of benzene rings is 1. The quantitative estimate of drug-likeness (QED) is 0.837. The molecule has 0 saturated heterocycles. The van der Waals surface area contributed by atoms with Crippen LogP contribution in [0.3, 0.4) is 0 Å². The van der Waals surface area contributed by atoms with Gasteiger partial charge in [0.1, 0.15) is 0 Å². The summed E-state index contributed by atoms with van der Waals surface area (Å²) in [4.78, 5) is 11.8. The Morgan fingerprint density at radius 1 is 1.41 bits per heavy atom. The van der Waals surface area contributed by atoms with Gasteiger partial charge in [0.15, 0.2) is 17.2 Å². The zero-order valence-electron chi connectivity index (χ0n) is 9.38. The minimum Gasteiger partial charge on any atom is -0.461 e. The summed E-state index contributed by atoms with van der Waals surface area (Å²) in [6.45, 7) is 1.58. The molecule has 0 aliphatic carbocycles.